The molecule has 0 aliphatic heterocycles. The van der Waals surface area contributed by atoms with Crippen LogP contribution in [-0.4, -0.2) is 12.0 Å². The third kappa shape index (κ3) is 5.70. The Morgan fingerprint density at radius 3 is 2.42 bits per heavy atom. The number of benzene rings is 2. The molecule has 0 saturated carbocycles. The van der Waals surface area contributed by atoms with Crippen LogP contribution in [0, 0.1) is 0 Å². The first-order chi connectivity index (χ1) is 11.4. The number of ether oxygens (including phenoxy) is 1. The Morgan fingerprint density at radius 1 is 1.08 bits per heavy atom. The molecule has 4 heteroatoms. The summed E-state index contributed by atoms with van der Waals surface area (Å²) >= 11 is 0. The van der Waals surface area contributed by atoms with Crippen LogP contribution in [-0.2, 0) is 11.3 Å². The zero-order valence-corrected chi connectivity index (χ0v) is 14.8. The number of rotatable bonds is 7. The molecule has 128 valence electrons. The van der Waals surface area contributed by atoms with E-state index in [4.69, 9.17) is 4.74 Å². The van der Waals surface area contributed by atoms with Crippen LogP contribution in [0.5, 0.6) is 5.75 Å². The third-order valence-electron chi connectivity index (χ3n) is 3.61. The Hall–Kier alpha value is -2.33. The van der Waals surface area contributed by atoms with Gasteiger partial charge < -0.3 is 15.4 Å². The predicted molar refractivity (Wildman–Crippen MR) is 98.2 cm³/mol. The topological polar surface area (TPSA) is 50.4 Å². The molecule has 0 spiro atoms. The largest absolute Gasteiger partial charge is 0.491 e. The van der Waals surface area contributed by atoms with E-state index < -0.39 is 0 Å². The second kappa shape index (κ2) is 8.50. The Balaban J connectivity index is 1.92. The van der Waals surface area contributed by atoms with Gasteiger partial charge in [-0.3, -0.25) is 4.79 Å². The fourth-order valence-electron chi connectivity index (χ4n) is 2.44. The molecule has 2 N–H and O–H groups in total. The van der Waals surface area contributed by atoms with Gasteiger partial charge in [0.05, 0.1) is 6.10 Å². The molecule has 2 aromatic rings. The Kier molecular flexibility index (Phi) is 6.38. The highest BCUT2D eigenvalue weighted by Crippen LogP contribution is 2.19. The number of anilines is 1. The predicted octanol–water partition coefficient (Wildman–Crippen LogP) is 4.28. The van der Waals surface area contributed by atoms with Crippen molar-refractivity contribution in [1.82, 2.24) is 5.32 Å². The quantitative estimate of drug-likeness (QED) is 0.798. The van der Waals surface area contributed by atoms with Gasteiger partial charge in [-0.05, 0) is 56.2 Å². The first-order valence-electron chi connectivity index (χ1n) is 8.30. The number of carbonyl (C=O) groups is 1. The standard InChI is InChI=1S/C20H26N2O2/c1-14(2)24-20-10-8-17(9-11-20)13-21-15(3)18-6-5-7-19(12-18)22-16(4)23/h5-12,14-15,21H,13H2,1-4H3,(H,22,23). The lowest BCUT2D eigenvalue weighted by Gasteiger charge is -2.16. The molecule has 1 atom stereocenters. The molecule has 24 heavy (non-hydrogen) atoms. The van der Waals surface area contributed by atoms with E-state index in [1.165, 1.54) is 12.5 Å². The zero-order chi connectivity index (χ0) is 17.5. The highest BCUT2D eigenvalue weighted by atomic mass is 16.5. The minimum atomic E-state index is -0.0588. The summed E-state index contributed by atoms with van der Waals surface area (Å²) in [4.78, 5) is 11.2. The number of nitrogens with one attached hydrogen (secondary N) is 2. The maximum Gasteiger partial charge on any atom is 0.221 e. The molecular formula is C20H26N2O2. The summed E-state index contributed by atoms with van der Waals surface area (Å²) < 4.78 is 5.65. The molecule has 0 heterocycles. The molecule has 0 aromatic heterocycles. The van der Waals surface area contributed by atoms with Crippen molar-refractivity contribution in [3.05, 3.63) is 59.7 Å². The van der Waals surface area contributed by atoms with Crippen LogP contribution < -0.4 is 15.4 Å². The van der Waals surface area contributed by atoms with Crippen molar-refractivity contribution < 1.29 is 9.53 Å². The van der Waals surface area contributed by atoms with E-state index in [1.54, 1.807) is 0 Å². The summed E-state index contributed by atoms with van der Waals surface area (Å²) in [5, 5.41) is 6.32. The molecule has 0 saturated heterocycles. The summed E-state index contributed by atoms with van der Waals surface area (Å²) in [7, 11) is 0. The van der Waals surface area contributed by atoms with Gasteiger partial charge in [-0.1, -0.05) is 24.3 Å². The monoisotopic (exact) mass is 326 g/mol. The van der Waals surface area contributed by atoms with E-state index in [9.17, 15) is 4.79 Å². The molecule has 1 amide bonds. The van der Waals surface area contributed by atoms with E-state index >= 15 is 0 Å². The summed E-state index contributed by atoms with van der Waals surface area (Å²) in [6.45, 7) is 8.44. The van der Waals surface area contributed by atoms with Crippen molar-refractivity contribution >= 4 is 11.6 Å². The minimum absolute atomic E-state index is 0.0588. The van der Waals surface area contributed by atoms with Gasteiger partial charge in [-0.2, -0.15) is 0 Å². The van der Waals surface area contributed by atoms with E-state index in [2.05, 4.69) is 35.8 Å². The third-order valence-corrected chi connectivity index (χ3v) is 3.61. The summed E-state index contributed by atoms with van der Waals surface area (Å²) in [5.74, 6) is 0.835. The molecule has 1 unspecified atom stereocenters. The van der Waals surface area contributed by atoms with Crippen LogP contribution in [0.1, 0.15) is 44.9 Å². The Labute approximate surface area is 144 Å². The second-order valence-electron chi connectivity index (χ2n) is 6.22. The molecular weight excluding hydrogens is 300 g/mol. The summed E-state index contributed by atoms with van der Waals surface area (Å²) in [6, 6.07) is 16.2. The smallest absolute Gasteiger partial charge is 0.221 e. The van der Waals surface area contributed by atoms with Crippen LogP contribution in [0.15, 0.2) is 48.5 Å². The van der Waals surface area contributed by atoms with Crippen LogP contribution in [0.25, 0.3) is 0 Å². The van der Waals surface area contributed by atoms with Gasteiger partial charge >= 0.3 is 0 Å². The first kappa shape index (κ1) is 18.0. The maximum atomic E-state index is 11.2. The Morgan fingerprint density at radius 2 is 1.79 bits per heavy atom. The number of hydrogen-bond donors (Lipinski definition) is 2. The molecule has 0 aliphatic rings. The van der Waals surface area contributed by atoms with E-state index in [0.29, 0.717) is 0 Å². The fourth-order valence-corrected chi connectivity index (χ4v) is 2.44. The molecule has 2 rings (SSSR count). The van der Waals surface area contributed by atoms with Gasteiger partial charge in [0.1, 0.15) is 5.75 Å². The number of amides is 1. The van der Waals surface area contributed by atoms with Crippen LogP contribution in [0.4, 0.5) is 5.69 Å². The molecule has 0 bridgehead atoms. The lowest BCUT2D eigenvalue weighted by Crippen LogP contribution is -2.18. The van der Waals surface area contributed by atoms with Gasteiger partial charge in [0.15, 0.2) is 0 Å². The molecule has 2 aromatic carbocycles. The summed E-state index contributed by atoms with van der Waals surface area (Å²) in [5.41, 5.74) is 3.17. The second-order valence-corrected chi connectivity index (χ2v) is 6.22. The molecule has 4 nitrogen and oxygen atoms in total. The Bertz CT molecular complexity index is 666. The van der Waals surface area contributed by atoms with Crippen LogP contribution in [0.2, 0.25) is 0 Å². The van der Waals surface area contributed by atoms with Crippen molar-refractivity contribution in [3.8, 4) is 5.75 Å². The average molecular weight is 326 g/mol. The molecule has 0 fully saturated rings. The van der Waals surface area contributed by atoms with Crippen molar-refractivity contribution in [3.63, 3.8) is 0 Å². The normalized spacial score (nSPS) is 12.0. The lowest BCUT2D eigenvalue weighted by atomic mass is 10.1. The average Bonchev–Trinajstić information content (AvgIpc) is 2.53. The lowest BCUT2D eigenvalue weighted by molar-refractivity contribution is -0.114. The zero-order valence-electron chi connectivity index (χ0n) is 14.8. The van der Waals surface area contributed by atoms with Crippen molar-refractivity contribution in [2.75, 3.05) is 5.32 Å². The van der Waals surface area contributed by atoms with Gasteiger partial charge in [0.25, 0.3) is 0 Å². The van der Waals surface area contributed by atoms with Gasteiger partial charge in [-0.25, -0.2) is 0 Å². The van der Waals surface area contributed by atoms with E-state index in [0.717, 1.165) is 23.5 Å². The molecule has 0 aliphatic carbocycles. The number of hydrogen-bond acceptors (Lipinski definition) is 3. The SMILES string of the molecule is CC(=O)Nc1cccc(C(C)NCc2ccc(OC(C)C)cc2)c1. The summed E-state index contributed by atoms with van der Waals surface area (Å²) in [6.07, 6.45) is 0.185. The highest BCUT2D eigenvalue weighted by molar-refractivity contribution is 5.88. The maximum absolute atomic E-state index is 11.2. The van der Waals surface area contributed by atoms with Gasteiger partial charge in [0, 0.05) is 25.2 Å². The van der Waals surface area contributed by atoms with Crippen molar-refractivity contribution in [1.29, 1.82) is 0 Å². The van der Waals surface area contributed by atoms with Crippen LogP contribution in [0.3, 0.4) is 0 Å². The van der Waals surface area contributed by atoms with Gasteiger partial charge in [0.2, 0.25) is 5.91 Å². The highest BCUT2D eigenvalue weighted by Gasteiger charge is 2.07. The molecule has 0 radical (unpaired) electrons. The van der Waals surface area contributed by atoms with Crippen molar-refractivity contribution in [2.45, 2.75) is 46.4 Å². The first-order valence-corrected chi connectivity index (χ1v) is 8.30. The van der Waals surface area contributed by atoms with Crippen molar-refractivity contribution in [2.24, 2.45) is 0 Å². The van der Waals surface area contributed by atoms with Gasteiger partial charge in [-0.15, -0.1) is 0 Å². The number of carbonyl (C=O) groups excluding carboxylic acids is 1. The fraction of sp³-hybridized carbons (Fsp3) is 0.350. The van der Waals surface area contributed by atoms with E-state index in [-0.39, 0.29) is 18.1 Å². The van der Waals surface area contributed by atoms with E-state index in [1.807, 2.05) is 44.2 Å². The minimum Gasteiger partial charge on any atom is -0.491 e. The van der Waals surface area contributed by atoms with Crippen LogP contribution >= 0.6 is 0 Å².